The first-order valence-electron chi connectivity index (χ1n) is 11.9. The lowest BCUT2D eigenvalue weighted by Crippen LogP contribution is -2.44. The maximum Gasteiger partial charge on any atom is 0.191 e. The molecule has 0 atom stereocenters. The number of guanidine groups is 1. The Morgan fingerprint density at radius 1 is 1.03 bits per heavy atom. The van der Waals surface area contributed by atoms with Crippen molar-refractivity contribution in [2.24, 2.45) is 4.99 Å². The van der Waals surface area contributed by atoms with Gasteiger partial charge < -0.3 is 29.9 Å². The van der Waals surface area contributed by atoms with Gasteiger partial charge >= 0.3 is 0 Å². The summed E-state index contributed by atoms with van der Waals surface area (Å²) in [6, 6.07) is 6.17. The van der Waals surface area contributed by atoms with Gasteiger partial charge in [-0.2, -0.15) is 0 Å². The van der Waals surface area contributed by atoms with E-state index >= 15 is 0 Å². The second-order valence-electron chi connectivity index (χ2n) is 8.06. The third-order valence-electron chi connectivity index (χ3n) is 5.56. The highest BCUT2D eigenvalue weighted by Gasteiger charge is 2.12. The Morgan fingerprint density at radius 2 is 1.81 bits per heavy atom. The lowest BCUT2D eigenvalue weighted by atomic mass is 10.1. The Kier molecular flexibility index (Phi) is 15.5. The number of aryl methyl sites for hydroxylation is 1. The molecule has 0 aromatic heterocycles. The highest BCUT2D eigenvalue weighted by atomic mass is 127. The van der Waals surface area contributed by atoms with E-state index in [1.165, 1.54) is 51.1 Å². The Labute approximate surface area is 212 Å². The minimum absolute atomic E-state index is 0. The van der Waals surface area contributed by atoms with Crippen molar-refractivity contribution in [2.75, 3.05) is 73.1 Å². The molecule has 0 saturated carbocycles. The molecule has 0 bridgehead atoms. The Hall–Kier alpha value is -1.26. The number of halogens is 1. The molecule has 1 aliphatic heterocycles. The van der Waals surface area contributed by atoms with Gasteiger partial charge in [0.05, 0.1) is 13.7 Å². The van der Waals surface area contributed by atoms with E-state index in [4.69, 9.17) is 14.5 Å². The third-order valence-corrected chi connectivity index (χ3v) is 5.56. The molecule has 2 rings (SSSR count). The van der Waals surface area contributed by atoms with Gasteiger partial charge in [-0.3, -0.25) is 4.99 Å². The van der Waals surface area contributed by atoms with Crippen molar-refractivity contribution in [3.63, 3.8) is 0 Å². The van der Waals surface area contributed by atoms with Gasteiger partial charge in [0.15, 0.2) is 17.5 Å². The topological polar surface area (TPSA) is 61.4 Å². The van der Waals surface area contributed by atoms with Crippen LogP contribution in [0.5, 0.6) is 11.5 Å². The number of ether oxygens (including phenoxy) is 2. The highest BCUT2D eigenvalue weighted by molar-refractivity contribution is 14.0. The monoisotopic (exact) mass is 561 g/mol. The summed E-state index contributed by atoms with van der Waals surface area (Å²) in [4.78, 5) is 9.72. The van der Waals surface area contributed by atoms with E-state index in [1.807, 2.05) is 13.0 Å². The van der Waals surface area contributed by atoms with Crippen LogP contribution in [0.3, 0.4) is 0 Å². The maximum absolute atomic E-state index is 5.67. The van der Waals surface area contributed by atoms with Gasteiger partial charge in [0.2, 0.25) is 0 Å². The number of methoxy groups -OCH3 is 1. The molecule has 0 spiro atoms. The van der Waals surface area contributed by atoms with Crippen molar-refractivity contribution in [3.8, 4) is 11.5 Å². The molecule has 8 heteroatoms. The summed E-state index contributed by atoms with van der Waals surface area (Å²) in [7, 11) is 3.88. The van der Waals surface area contributed by atoms with E-state index in [2.05, 4.69) is 46.5 Å². The fourth-order valence-electron chi connectivity index (χ4n) is 3.70. The van der Waals surface area contributed by atoms with Gasteiger partial charge in [-0.05, 0) is 70.8 Å². The van der Waals surface area contributed by atoms with Crippen LogP contribution in [-0.2, 0) is 6.42 Å². The van der Waals surface area contributed by atoms with Crippen LogP contribution in [0.15, 0.2) is 23.2 Å². The van der Waals surface area contributed by atoms with Crippen LogP contribution >= 0.6 is 24.0 Å². The number of hydrogen-bond donors (Lipinski definition) is 2. The number of nitrogens with one attached hydrogen (secondary N) is 2. The maximum atomic E-state index is 5.67. The molecule has 184 valence electrons. The summed E-state index contributed by atoms with van der Waals surface area (Å²) in [5.41, 5.74) is 1.25. The average molecular weight is 562 g/mol. The largest absolute Gasteiger partial charge is 0.493 e. The van der Waals surface area contributed by atoms with Crippen LogP contribution in [0.4, 0.5) is 0 Å². The molecule has 0 radical (unpaired) electrons. The van der Waals surface area contributed by atoms with Crippen molar-refractivity contribution in [1.82, 2.24) is 20.4 Å². The Bertz CT molecular complexity index is 651. The van der Waals surface area contributed by atoms with E-state index in [9.17, 15) is 0 Å². The number of aliphatic imine (C=N–C) groups is 1. The standard InChI is InChI=1S/C24H43N5O2.HI/c1-5-25-24(26-13-7-8-15-29-18-16-28(3)17-19-29)27-14-9-10-21-11-12-22(30-4)23(20-21)31-6-2;/h11-12,20H,5-10,13-19H2,1-4H3,(H2,25,26,27);1H. The lowest BCUT2D eigenvalue weighted by Gasteiger charge is -2.32. The third kappa shape index (κ3) is 11.0. The van der Waals surface area contributed by atoms with E-state index in [0.29, 0.717) is 6.61 Å². The summed E-state index contributed by atoms with van der Waals surface area (Å²) >= 11 is 0. The normalized spacial score (nSPS) is 15.2. The zero-order valence-corrected chi connectivity index (χ0v) is 22.8. The van der Waals surface area contributed by atoms with Crippen molar-refractivity contribution in [1.29, 1.82) is 0 Å². The number of unbranched alkanes of at least 4 members (excludes halogenated alkanes) is 1. The summed E-state index contributed by atoms with van der Waals surface area (Å²) in [5.74, 6) is 2.53. The van der Waals surface area contributed by atoms with Crippen LogP contribution in [0.25, 0.3) is 0 Å². The molecule has 0 aliphatic carbocycles. The van der Waals surface area contributed by atoms with Crippen molar-refractivity contribution in [3.05, 3.63) is 23.8 Å². The number of hydrogen-bond acceptors (Lipinski definition) is 5. The van der Waals surface area contributed by atoms with Gasteiger partial charge in [0, 0.05) is 45.8 Å². The highest BCUT2D eigenvalue weighted by Crippen LogP contribution is 2.28. The van der Waals surface area contributed by atoms with Crippen LogP contribution in [0.1, 0.15) is 38.7 Å². The van der Waals surface area contributed by atoms with Gasteiger partial charge in [0.1, 0.15) is 0 Å². The number of nitrogens with zero attached hydrogens (tertiary/aromatic N) is 3. The average Bonchev–Trinajstić information content (AvgIpc) is 2.78. The molecule has 7 nitrogen and oxygen atoms in total. The summed E-state index contributed by atoms with van der Waals surface area (Å²) in [5, 5.41) is 6.83. The first-order chi connectivity index (χ1) is 15.2. The molecule has 1 saturated heterocycles. The van der Waals surface area contributed by atoms with Gasteiger partial charge in [-0.1, -0.05) is 6.07 Å². The number of piperazine rings is 1. The Morgan fingerprint density at radius 3 is 2.50 bits per heavy atom. The smallest absolute Gasteiger partial charge is 0.191 e. The molecular weight excluding hydrogens is 517 g/mol. The van der Waals surface area contributed by atoms with Crippen LogP contribution in [-0.4, -0.2) is 88.9 Å². The first-order valence-corrected chi connectivity index (χ1v) is 11.9. The Balaban J connectivity index is 0.00000512. The first kappa shape index (κ1) is 28.8. The molecule has 1 heterocycles. The predicted molar refractivity (Wildman–Crippen MR) is 145 cm³/mol. The SMILES string of the molecule is CCNC(=NCCCc1ccc(OC)c(OCC)c1)NCCCCN1CCN(C)CC1.I. The molecule has 1 fully saturated rings. The van der Waals surface area contributed by atoms with Crippen LogP contribution < -0.4 is 20.1 Å². The van der Waals surface area contributed by atoms with Crippen molar-refractivity contribution >= 4 is 29.9 Å². The number of likely N-dealkylation sites (N-methyl/N-ethyl adjacent to an activating group) is 1. The second kappa shape index (κ2) is 17.2. The summed E-state index contributed by atoms with van der Waals surface area (Å²) in [6.07, 6.45) is 4.37. The van der Waals surface area contributed by atoms with Crippen LogP contribution in [0, 0.1) is 0 Å². The molecule has 1 aromatic carbocycles. The molecule has 0 unspecified atom stereocenters. The number of rotatable bonds is 13. The van der Waals surface area contributed by atoms with Gasteiger partial charge in [-0.15, -0.1) is 24.0 Å². The molecule has 1 aliphatic rings. The zero-order chi connectivity index (χ0) is 22.3. The quantitative estimate of drug-likeness (QED) is 0.167. The van der Waals surface area contributed by atoms with Crippen molar-refractivity contribution < 1.29 is 9.47 Å². The predicted octanol–water partition coefficient (Wildman–Crippen LogP) is 3.23. The van der Waals surface area contributed by atoms with Crippen molar-refractivity contribution in [2.45, 2.75) is 39.5 Å². The van der Waals surface area contributed by atoms with Gasteiger partial charge in [0.25, 0.3) is 0 Å². The van der Waals surface area contributed by atoms with E-state index in [-0.39, 0.29) is 24.0 Å². The lowest BCUT2D eigenvalue weighted by molar-refractivity contribution is 0.152. The van der Waals surface area contributed by atoms with Crippen LogP contribution in [0.2, 0.25) is 0 Å². The summed E-state index contributed by atoms with van der Waals surface area (Å²) < 4.78 is 11.0. The minimum Gasteiger partial charge on any atom is -0.493 e. The molecule has 32 heavy (non-hydrogen) atoms. The fourth-order valence-corrected chi connectivity index (χ4v) is 3.70. The molecule has 1 aromatic rings. The zero-order valence-electron chi connectivity index (χ0n) is 20.5. The van der Waals surface area contributed by atoms with E-state index < -0.39 is 0 Å². The van der Waals surface area contributed by atoms with Gasteiger partial charge in [-0.25, -0.2) is 0 Å². The minimum atomic E-state index is 0. The van der Waals surface area contributed by atoms with E-state index in [0.717, 1.165) is 49.9 Å². The molecule has 2 N–H and O–H groups in total. The molecular formula is C24H44IN5O2. The summed E-state index contributed by atoms with van der Waals surface area (Å²) in [6.45, 7) is 13.4. The number of benzene rings is 1. The molecule has 0 amide bonds. The van der Waals surface area contributed by atoms with E-state index in [1.54, 1.807) is 7.11 Å². The fraction of sp³-hybridized carbons (Fsp3) is 0.708. The second-order valence-corrected chi connectivity index (χ2v) is 8.06.